The molecule has 1 aromatic carbocycles. The van der Waals surface area contributed by atoms with E-state index in [0.29, 0.717) is 18.4 Å². The lowest BCUT2D eigenvalue weighted by atomic mass is 10.1. The van der Waals surface area contributed by atoms with Crippen LogP contribution in [0.15, 0.2) is 29.4 Å². The van der Waals surface area contributed by atoms with Gasteiger partial charge in [-0.3, -0.25) is 9.36 Å². The number of aromatic nitrogens is 3. The number of aryl methyl sites for hydroxylation is 1. The smallest absolute Gasteiger partial charge is 0.233 e. The van der Waals surface area contributed by atoms with E-state index in [-0.39, 0.29) is 16.7 Å². The number of amides is 1. The first-order valence-corrected chi connectivity index (χ1v) is 10.5. The molecule has 152 valence electrons. The highest BCUT2D eigenvalue weighted by molar-refractivity contribution is 8.00. The summed E-state index contributed by atoms with van der Waals surface area (Å²) in [7, 11) is 0. The van der Waals surface area contributed by atoms with Gasteiger partial charge in [-0.15, -0.1) is 10.2 Å². The van der Waals surface area contributed by atoms with Crippen LogP contribution in [-0.2, 0) is 9.53 Å². The summed E-state index contributed by atoms with van der Waals surface area (Å²) < 4.78 is 7.52. The van der Waals surface area contributed by atoms with Gasteiger partial charge in [0.2, 0.25) is 11.9 Å². The third kappa shape index (κ3) is 5.05. The van der Waals surface area contributed by atoms with Crippen LogP contribution in [0.2, 0.25) is 0 Å². The van der Waals surface area contributed by atoms with Gasteiger partial charge in [0.05, 0.1) is 24.2 Å². The summed E-state index contributed by atoms with van der Waals surface area (Å²) in [6, 6.07) is 8.24. The van der Waals surface area contributed by atoms with Crippen molar-refractivity contribution in [3.8, 4) is 5.69 Å². The number of ether oxygens (including phenoxy) is 1. The monoisotopic (exact) mass is 403 g/mol. The fraction of sp³-hybridized carbons (Fsp3) is 0.550. The largest absolute Gasteiger partial charge is 0.378 e. The van der Waals surface area contributed by atoms with Crippen LogP contribution in [0.25, 0.3) is 5.69 Å². The third-order valence-electron chi connectivity index (χ3n) is 4.32. The second-order valence-corrected chi connectivity index (χ2v) is 9.36. The molecule has 1 atom stereocenters. The highest BCUT2D eigenvalue weighted by Gasteiger charge is 2.26. The topological polar surface area (TPSA) is 72.3 Å². The molecule has 0 aliphatic carbocycles. The minimum Gasteiger partial charge on any atom is -0.378 e. The summed E-state index contributed by atoms with van der Waals surface area (Å²) >= 11 is 1.42. The summed E-state index contributed by atoms with van der Waals surface area (Å²) in [5.41, 5.74) is 1.89. The fourth-order valence-electron chi connectivity index (χ4n) is 2.98. The Hall–Kier alpha value is -2.06. The van der Waals surface area contributed by atoms with E-state index >= 15 is 0 Å². The van der Waals surface area contributed by atoms with Crippen molar-refractivity contribution in [2.24, 2.45) is 0 Å². The normalized spacial score (nSPS) is 16.1. The third-order valence-corrected chi connectivity index (χ3v) is 5.36. The zero-order valence-electron chi connectivity index (χ0n) is 17.2. The van der Waals surface area contributed by atoms with Gasteiger partial charge >= 0.3 is 0 Å². The number of hydrogen-bond donors (Lipinski definition) is 1. The van der Waals surface area contributed by atoms with Crippen molar-refractivity contribution in [3.63, 3.8) is 0 Å². The van der Waals surface area contributed by atoms with Crippen LogP contribution in [0, 0.1) is 6.92 Å². The van der Waals surface area contributed by atoms with Crippen LogP contribution in [0.5, 0.6) is 0 Å². The van der Waals surface area contributed by atoms with Gasteiger partial charge in [0.1, 0.15) is 0 Å². The quantitative estimate of drug-likeness (QED) is 0.774. The summed E-state index contributed by atoms with van der Waals surface area (Å²) in [6.07, 6.45) is 0. The summed E-state index contributed by atoms with van der Waals surface area (Å²) in [5, 5.41) is 12.4. The lowest BCUT2D eigenvalue weighted by Crippen LogP contribution is -2.44. The molecule has 0 saturated carbocycles. The van der Waals surface area contributed by atoms with Gasteiger partial charge in [-0.25, -0.2) is 0 Å². The molecular weight excluding hydrogens is 374 g/mol. The molecule has 0 spiro atoms. The fourth-order valence-corrected chi connectivity index (χ4v) is 3.85. The molecule has 1 aliphatic heterocycles. The van der Waals surface area contributed by atoms with Crippen molar-refractivity contribution in [2.45, 2.75) is 50.6 Å². The number of morpholine rings is 1. The van der Waals surface area contributed by atoms with Crippen molar-refractivity contribution in [3.05, 3.63) is 29.8 Å². The van der Waals surface area contributed by atoms with Crippen molar-refractivity contribution in [2.75, 3.05) is 31.2 Å². The van der Waals surface area contributed by atoms with Gasteiger partial charge in [0, 0.05) is 18.6 Å². The van der Waals surface area contributed by atoms with Gasteiger partial charge < -0.3 is 15.0 Å². The molecule has 1 unspecified atom stereocenters. The average Bonchev–Trinajstić information content (AvgIpc) is 3.04. The number of nitrogens with one attached hydrogen (secondary N) is 1. The maximum absolute atomic E-state index is 12.6. The second kappa shape index (κ2) is 8.53. The number of carbonyl (C=O) groups is 1. The van der Waals surface area contributed by atoms with Gasteiger partial charge in [0.15, 0.2) is 5.16 Å². The second-order valence-electron chi connectivity index (χ2n) is 8.06. The summed E-state index contributed by atoms with van der Waals surface area (Å²) in [5.74, 6) is 0.782. The Morgan fingerprint density at radius 3 is 2.61 bits per heavy atom. The molecular formula is C20H29N5O2S. The molecule has 3 rings (SSSR count). The molecule has 0 radical (unpaired) electrons. The van der Waals surface area contributed by atoms with Crippen molar-refractivity contribution in [1.82, 2.24) is 20.1 Å². The van der Waals surface area contributed by atoms with E-state index in [1.165, 1.54) is 11.8 Å². The maximum atomic E-state index is 12.6. The zero-order chi connectivity index (χ0) is 20.3. The Bertz CT molecular complexity index is 824. The molecule has 7 nitrogen and oxygen atoms in total. The predicted molar refractivity (Wildman–Crippen MR) is 112 cm³/mol. The number of benzene rings is 1. The van der Waals surface area contributed by atoms with E-state index in [0.717, 1.165) is 30.3 Å². The predicted octanol–water partition coefficient (Wildman–Crippen LogP) is 2.81. The van der Waals surface area contributed by atoms with E-state index in [1.54, 1.807) is 0 Å². The highest BCUT2D eigenvalue weighted by Crippen LogP contribution is 2.30. The van der Waals surface area contributed by atoms with Crippen LogP contribution in [-0.4, -0.2) is 57.8 Å². The van der Waals surface area contributed by atoms with Crippen LogP contribution < -0.4 is 10.2 Å². The number of anilines is 1. The van der Waals surface area contributed by atoms with E-state index < -0.39 is 0 Å². The Kier molecular flexibility index (Phi) is 6.30. The van der Waals surface area contributed by atoms with Crippen LogP contribution in [0.3, 0.4) is 0 Å². The van der Waals surface area contributed by atoms with E-state index in [1.807, 2.05) is 44.4 Å². The van der Waals surface area contributed by atoms with Crippen molar-refractivity contribution in [1.29, 1.82) is 0 Å². The Morgan fingerprint density at radius 2 is 1.96 bits per heavy atom. The van der Waals surface area contributed by atoms with Crippen LogP contribution in [0.4, 0.5) is 5.95 Å². The Morgan fingerprint density at radius 1 is 1.25 bits per heavy atom. The lowest BCUT2D eigenvalue weighted by molar-refractivity contribution is -0.121. The van der Waals surface area contributed by atoms with Crippen LogP contribution in [0.1, 0.15) is 33.3 Å². The van der Waals surface area contributed by atoms with E-state index in [2.05, 4.69) is 39.5 Å². The molecule has 0 bridgehead atoms. The first-order valence-electron chi connectivity index (χ1n) is 9.58. The number of hydrogen-bond acceptors (Lipinski definition) is 6. The number of rotatable bonds is 5. The first kappa shape index (κ1) is 20.7. The molecule has 1 aliphatic rings. The maximum Gasteiger partial charge on any atom is 0.233 e. The van der Waals surface area contributed by atoms with Crippen molar-refractivity contribution >= 4 is 23.6 Å². The van der Waals surface area contributed by atoms with Gasteiger partial charge in [-0.2, -0.15) is 0 Å². The molecule has 1 aromatic heterocycles. The van der Waals surface area contributed by atoms with E-state index in [9.17, 15) is 4.79 Å². The summed E-state index contributed by atoms with van der Waals surface area (Å²) in [4.78, 5) is 14.7. The Labute approximate surface area is 170 Å². The molecule has 28 heavy (non-hydrogen) atoms. The average molecular weight is 404 g/mol. The zero-order valence-corrected chi connectivity index (χ0v) is 18.0. The Balaban J connectivity index is 1.92. The molecule has 2 heterocycles. The van der Waals surface area contributed by atoms with Gasteiger partial charge in [0.25, 0.3) is 0 Å². The standard InChI is InChI=1S/C20H29N5O2S/c1-14-7-6-8-16(13-14)25-18(24-9-11-27-12-10-24)22-23-19(25)28-15(2)17(26)21-20(3,4)5/h6-8,13,15H,9-12H2,1-5H3,(H,21,26). The van der Waals surface area contributed by atoms with Gasteiger partial charge in [-0.1, -0.05) is 23.9 Å². The molecule has 2 aromatic rings. The van der Waals surface area contributed by atoms with Crippen molar-refractivity contribution < 1.29 is 9.53 Å². The molecule has 1 N–H and O–H groups in total. The molecule has 1 saturated heterocycles. The highest BCUT2D eigenvalue weighted by atomic mass is 32.2. The molecule has 8 heteroatoms. The van der Waals surface area contributed by atoms with E-state index in [4.69, 9.17) is 4.74 Å². The summed E-state index contributed by atoms with van der Waals surface area (Å²) in [6.45, 7) is 12.8. The minimum absolute atomic E-state index is 0.00999. The number of carbonyl (C=O) groups excluding carboxylic acids is 1. The van der Waals surface area contributed by atoms with Gasteiger partial charge in [-0.05, 0) is 52.3 Å². The molecule has 1 amide bonds. The molecule has 1 fully saturated rings. The first-order chi connectivity index (χ1) is 13.2. The number of thioether (sulfide) groups is 1. The van der Waals surface area contributed by atoms with Crippen LogP contribution >= 0.6 is 11.8 Å². The number of nitrogens with zero attached hydrogens (tertiary/aromatic N) is 4. The minimum atomic E-state index is -0.287. The lowest BCUT2D eigenvalue weighted by Gasteiger charge is -2.28. The SMILES string of the molecule is Cc1cccc(-n2c(SC(C)C(=O)NC(C)(C)C)nnc2N2CCOCC2)c1.